The molecule has 1 aliphatic rings. The number of halogens is 1. The molecule has 1 heterocycles. The second-order valence-corrected chi connectivity index (χ2v) is 6.28. The molecule has 0 aromatic heterocycles. The number of guanidine groups is 1. The number of benzene rings is 1. The standard InChI is InChI=1S/C13H20N4O2S.HI/c1-2-17-20(18,19)12-6-4-11(5-7-12)10-16-13-14-8-3-9-15-13;/h4-7,17H,2-3,8-10H2,1H3,(H2,14,15,16);1H. The van der Waals surface area contributed by atoms with Gasteiger partial charge in [-0.1, -0.05) is 19.1 Å². The Bertz CT molecular complexity index is 572. The van der Waals surface area contributed by atoms with Crippen LogP contribution in [-0.2, 0) is 16.6 Å². The Kier molecular flexibility index (Phi) is 7.40. The topological polar surface area (TPSA) is 82.6 Å². The van der Waals surface area contributed by atoms with Gasteiger partial charge in [-0.15, -0.1) is 24.0 Å². The SMILES string of the molecule is CCNS(=O)(=O)c1ccc(CNC2=NCCCN2)cc1.I. The van der Waals surface area contributed by atoms with E-state index in [2.05, 4.69) is 20.3 Å². The zero-order chi connectivity index (χ0) is 14.4. The molecule has 3 N–H and O–H groups in total. The molecule has 0 atom stereocenters. The maximum Gasteiger partial charge on any atom is 0.240 e. The molecule has 0 unspecified atom stereocenters. The third-order valence-electron chi connectivity index (χ3n) is 2.93. The summed E-state index contributed by atoms with van der Waals surface area (Å²) >= 11 is 0. The summed E-state index contributed by atoms with van der Waals surface area (Å²) in [4.78, 5) is 4.60. The number of sulfonamides is 1. The van der Waals surface area contributed by atoms with E-state index in [9.17, 15) is 8.42 Å². The van der Waals surface area contributed by atoms with Gasteiger partial charge >= 0.3 is 0 Å². The zero-order valence-corrected chi connectivity index (χ0v) is 15.1. The molecule has 1 aliphatic heterocycles. The Morgan fingerprint density at radius 3 is 2.57 bits per heavy atom. The van der Waals surface area contributed by atoms with Crippen LogP contribution in [0.2, 0.25) is 0 Å². The first-order valence-corrected chi connectivity index (χ1v) is 8.21. The van der Waals surface area contributed by atoms with Crippen LogP contribution in [0.4, 0.5) is 0 Å². The molecule has 8 heteroatoms. The van der Waals surface area contributed by atoms with E-state index < -0.39 is 10.0 Å². The van der Waals surface area contributed by atoms with Gasteiger partial charge in [-0.05, 0) is 24.1 Å². The molecule has 0 bridgehead atoms. The fraction of sp³-hybridized carbons (Fsp3) is 0.462. The summed E-state index contributed by atoms with van der Waals surface area (Å²) in [6, 6.07) is 6.84. The summed E-state index contributed by atoms with van der Waals surface area (Å²) in [6.07, 6.45) is 1.06. The molecule has 1 aromatic carbocycles. The predicted molar refractivity (Wildman–Crippen MR) is 94.5 cm³/mol. The summed E-state index contributed by atoms with van der Waals surface area (Å²) in [5.74, 6) is 0.806. The second-order valence-electron chi connectivity index (χ2n) is 4.51. The molecule has 0 fully saturated rings. The van der Waals surface area contributed by atoms with Crippen LogP contribution in [0.25, 0.3) is 0 Å². The summed E-state index contributed by atoms with van der Waals surface area (Å²) in [5.41, 5.74) is 1.01. The van der Waals surface area contributed by atoms with Gasteiger partial charge in [0.2, 0.25) is 10.0 Å². The quantitative estimate of drug-likeness (QED) is 0.618. The number of nitrogens with one attached hydrogen (secondary N) is 3. The van der Waals surface area contributed by atoms with Crippen molar-refractivity contribution in [1.29, 1.82) is 0 Å². The summed E-state index contributed by atoms with van der Waals surface area (Å²) in [5, 5.41) is 6.37. The van der Waals surface area contributed by atoms with Crippen LogP contribution in [0.15, 0.2) is 34.2 Å². The Morgan fingerprint density at radius 2 is 2.00 bits per heavy atom. The summed E-state index contributed by atoms with van der Waals surface area (Å²) in [6.45, 7) is 4.54. The van der Waals surface area contributed by atoms with Gasteiger partial charge in [0, 0.05) is 26.2 Å². The first-order valence-electron chi connectivity index (χ1n) is 6.72. The molecule has 0 spiro atoms. The largest absolute Gasteiger partial charge is 0.356 e. The number of hydrogen-bond donors (Lipinski definition) is 3. The number of aliphatic imine (C=N–C) groups is 1. The van der Waals surface area contributed by atoms with Crippen molar-refractivity contribution in [3.8, 4) is 0 Å². The molecule has 21 heavy (non-hydrogen) atoms. The zero-order valence-electron chi connectivity index (χ0n) is 11.9. The highest BCUT2D eigenvalue weighted by molar-refractivity contribution is 14.0. The Balaban J connectivity index is 0.00000220. The molecule has 0 radical (unpaired) electrons. The van der Waals surface area contributed by atoms with Gasteiger partial charge < -0.3 is 10.6 Å². The molecule has 0 amide bonds. The van der Waals surface area contributed by atoms with Crippen molar-refractivity contribution in [2.75, 3.05) is 19.6 Å². The average Bonchev–Trinajstić information content (AvgIpc) is 2.47. The van der Waals surface area contributed by atoms with E-state index in [4.69, 9.17) is 0 Å². The van der Waals surface area contributed by atoms with Crippen LogP contribution in [0.3, 0.4) is 0 Å². The van der Waals surface area contributed by atoms with E-state index in [1.54, 1.807) is 31.2 Å². The van der Waals surface area contributed by atoms with Crippen LogP contribution in [0.1, 0.15) is 18.9 Å². The Morgan fingerprint density at radius 1 is 1.29 bits per heavy atom. The number of rotatable bonds is 5. The lowest BCUT2D eigenvalue weighted by Gasteiger charge is -2.16. The van der Waals surface area contributed by atoms with Crippen molar-refractivity contribution < 1.29 is 8.42 Å². The van der Waals surface area contributed by atoms with Crippen molar-refractivity contribution in [1.82, 2.24) is 15.4 Å². The van der Waals surface area contributed by atoms with Crippen molar-refractivity contribution in [2.45, 2.75) is 24.8 Å². The van der Waals surface area contributed by atoms with Crippen molar-refractivity contribution in [3.63, 3.8) is 0 Å². The van der Waals surface area contributed by atoms with Gasteiger partial charge in [0.1, 0.15) is 0 Å². The van der Waals surface area contributed by atoms with Crippen LogP contribution in [-0.4, -0.2) is 34.0 Å². The Hall–Kier alpha value is -0.870. The number of hydrogen-bond acceptors (Lipinski definition) is 5. The lowest BCUT2D eigenvalue weighted by atomic mass is 10.2. The first-order chi connectivity index (χ1) is 9.62. The van der Waals surface area contributed by atoms with Gasteiger partial charge in [-0.25, -0.2) is 13.1 Å². The minimum Gasteiger partial charge on any atom is -0.356 e. The molecule has 1 aromatic rings. The molecule has 2 rings (SSSR count). The Labute approximate surface area is 142 Å². The van der Waals surface area contributed by atoms with Gasteiger partial charge in [-0.2, -0.15) is 0 Å². The van der Waals surface area contributed by atoms with Crippen LogP contribution < -0.4 is 15.4 Å². The van der Waals surface area contributed by atoms with Gasteiger partial charge in [0.05, 0.1) is 4.90 Å². The molecule has 0 saturated heterocycles. The highest BCUT2D eigenvalue weighted by atomic mass is 127. The van der Waals surface area contributed by atoms with Crippen LogP contribution >= 0.6 is 24.0 Å². The molecule has 6 nitrogen and oxygen atoms in total. The smallest absolute Gasteiger partial charge is 0.240 e. The maximum absolute atomic E-state index is 11.8. The molecule has 118 valence electrons. The summed E-state index contributed by atoms with van der Waals surface area (Å²) < 4.78 is 26.1. The van der Waals surface area contributed by atoms with E-state index in [1.807, 2.05) is 0 Å². The van der Waals surface area contributed by atoms with Crippen LogP contribution in [0, 0.1) is 0 Å². The minimum atomic E-state index is -3.37. The third kappa shape index (κ3) is 5.44. The minimum absolute atomic E-state index is 0. The second kappa shape index (κ2) is 8.54. The number of nitrogens with zero attached hydrogens (tertiary/aromatic N) is 1. The lowest BCUT2D eigenvalue weighted by Crippen LogP contribution is -2.40. The van der Waals surface area contributed by atoms with E-state index in [0.717, 1.165) is 31.0 Å². The molecular formula is C13H21IN4O2S. The maximum atomic E-state index is 11.8. The van der Waals surface area contributed by atoms with Gasteiger partial charge in [0.15, 0.2) is 5.96 Å². The third-order valence-corrected chi connectivity index (χ3v) is 4.49. The van der Waals surface area contributed by atoms with E-state index >= 15 is 0 Å². The highest BCUT2D eigenvalue weighted by Crippen LogP contribution is 2.10. The first kappa shape index (κ1) is 18.2. The fourth-order valence-electron chi connectivity index (χ4n) is 1.90. The average molecular weight is 424 g/mol. The van der Waals surface area contributed by atoms with E-state index in [1.165, 1.54) is 0 Å². The van der Waals surface area contributed by atoms with E-state index in [0.29, 0.717) is 13.1 Å². The highest BCUT2D eigenvalue weighted by Gasteiger charge is 2.11. The van der Waals surface area contributed by atoms with E-state index in [-0.39, 0.29) is 28.9 Å². The van der Waals surface area contributed by atoms with Crippen molar-refractivity contribution in [3.05, 3.63) is 29.8 Å². The van der Waals surface area contributed by atoms with Gasteiger partial charge in [0.25, 0.3) is 0 Å². The monoisotopic (exact) mass is 424 g/mol. The van der Waals surface area contributed by atoms with Gasteiger partial charge in [-0.3, -0.25) is 4.99 Å². The molecular weight excluding hydrogens is 403 g/mol. The van der Waals surface area contributed by atoms with Crippen LogP contribution in [0.5, 0.6) is 0 Å². The lowest BCUT2D eigenvalue weighted by molar-refractivity contribution is 0.584. The van der Waals surface area contributed by atoms with Crippen molar-refractivity contribution in [2.24, 2.45) is 4.99 Å². The fourth-order valence-corrected chi connectivity index (χ4v) is 2.94. The molecule has 0 aliphatic carbocycles. The molecule has 0 saturated carbocycles. The summed E-state index contributed by atoms with van der Waals surface area (Å²) in [7, 11) is -3.37. The van der Waals surface area contributed by atoms with Crippen molar-refractivity contribution >= 4 is 40.0 Å². The predicted octanol–water partition coefficient (Wildman–Crippen LogP) is 1.04. The normalized spacial score (nSPS) is 14.6.